The third kappa shape index (κ3) is 3.14. The third-order valence-corrected chi connectivity index (χ3v) is 4.33. The predicted octanol–water partition coefficient (Wildman–Crippen LogP) is 1.66. The number of amides is 1. The lowest BCUT2D eigenvalue weighted by atomic mass is 10.2. The molecule has 0 spiro atoms. The first kappa shape index (κ1) is 14.5. The fraction of sp³-hybridized carbons (Fsp3) is 0.286. The fourth-order valence-corrected chi connectivity index (χ4v) is 3.20. The number of carboxylic acid groups (broad SMARTS) is 1. The van der Waals surface area contributed by atoms with Crippen molar-refractivity contribution in [1.82, 2.24) is 4.90 Å². The summed E-state index contributed by atoms with van der Waals surface area (Å²) in [5.41, 5.74) is 7.09. The minimum Gasteiger partial charge on any atom is -0.480 e. The van der Waals surface area contributed by atoms with Crippen LogP contribution in [0.4, 0.5) is 5.69 Å². The maximum Gasteiger partial charge on any atom is 0.327 e. The van der Waals surface area contributed by atoms with Crippen LogP contribution in [0, 0.1) is 0 Å². The van der Waals surface area contributed by atoms with Gasteiger partial charge in [-0.2, -0.15) is 0 Å². The predicted molar refractivity (Wildman–Crippen MR) is 80.1 cm³/mol. The monoisotopic (exact) mass is 292 g/mol. The van der Waals surface area contributed by atoms with Gasteiger partial charge in [0.1, 0.15) is 6.04 Å². The number of nitrogens with two attached hydrogens (primary N) is 1. The van der Waals surface area contributed by atoms with Crippen molar-refractivity contribution in [3.05, 3.63) is 35.9 Å². The lowest BCUT2D eigenvalue weighted by molar-refractivity contribution is -0.147. The SMILES string of the molecule is CC1SCC(C(=O)O)N1C(=O)/C=C/c1ccc(N)cc1. The summed E-state index contributed by atoms with van der Waals surface area (Å²) in [4.78, 5) is 24.7. The summed E-state index contributed by atoms with van der Waals surface area (Å²) in [6.45, 7) is 1.84. The Hall–Kier alpha value is -1.95. The van der Waals surface area contributed by atoms with E-state index in [0.717, 1.165) is 5.56 Å². The molecular weight excluding hydrogens is 276 g/mol. The summed E-state index contributed by atoms with van der Waals surface area (Å²) >= 11 is 1.47. The molecule has 2 unspecified atom stereocenters. The summed E-state index contributed by atoms with van der Waals surface area (Å²) in [6.07, 6.45) is 3.07. The fourth-order valence-electron chi connectivity index (χ4n) is 2.03. The van der Waals surface area contributed by atoms with Crippen molar-refractivity contribution in [2.24, 2.45) is 0 Å². The van der Waals surface area contributed by atoms with Gasteiger partial charge >= 0.3 is 5.97 Å². The van der Waals surface area contributed by atoms with E-state index < -0.39 is 12.0 Å². The molecule has 1 aromatic rings. The summed E-state index contributed by atoms with van der Waals surface area (Å²) < 4.78 is 0. The molecule has 2 rings (SSSR count). The van der Waals surface area contributed by atoms with E-state index in [4.69, 9.17) is 10.8 Å². The lowest BCUT2D eigenvalue weighted by Gasteiger charge is -2.23. The number of aliphatic carboxylic acids is 1. The second-order valence-corrected chi connectivity index (χ2v) is 5.88. The third-order valence-electron chi connectivity index (χ3n) is 3.12. The topological polar surface area (TPSA) is 83.6 Å². The van der Waals surface area contributed by atoms with Crippen LogP contribution < -0.4 is 5.73 Å². The average Bonchev–Trinajstić information content (AvgIpc) is 2.80. The number of anilines is 1. The van der Waals surface area contributed by atoms with Crippen molar-refractivity contribution in [2.75, 3.05) is 11.5 Å². The Morgan fingerprint density at radius 3 is 2.65 bits per heavy atom. The Balaban J connectivity index is 2.10. The zero-order valence-corrected chi connectivity index (χ0v) is 11.8. The molecule has 1 amide bonds. The molecule has 0 radical (unpaired) electrons. The molecule has 1 aliphatic heterocycles. The van der Waals surface area contributed by atoms with Crippen LogP contribution in [0.5, 0.6) is 0 Å². The molecule has 20 heavy (non-hydrogen) atoms. The van der Waals surface area contributed by atoms with Crippen LogP contribution in [0.1, 0.15) is 12.5 Å². The van der Waals surface area contributed by atoms with Gasteiger partial charge in [-0.15, -0.1) is 11.8 Å². The van der Waals surface area contributed by atoms with E-state index in [0.29, 0.717) is 11.4 Å². The Labute approximate surface area is 121 Å². The van der Waals surface area contributed by atoms with E-state index in [9.17, 15) is 9.59 Å². The number of hydrogen-bond acceptors (Lipinski definition) is 4. The maximum absolute atomic E-state index is 12.1. The molecule has 1 aromatic carbocycles. The van der Waals surface area contributed by atoms with Crippen molar-refractivity contribution in [1.29, 1.82) is 0 Å². The Bertz CT molecular complexity index is 542. The highest BCUT2D eigenvalue weighted by Crippen LogP contribution is 2.29. The van der Waals surface area contributed by atoms with Crippen molar-refractivity contribution >= 4 is 35.4 Å². The van der Waals surface area contributed by atoms with Crippen LogP contribution in [-0.4, -0.2) is 39.1 Å². The zero-order valence-electron chi connectivity index (χ0n) is 11.0. The number of carbonyl (C=O) groups excluding carboxylic acids is 1. The smallest absolute Gasteiger partial charge is 0.327 e. The van der Waals surface area contributed by atoms with Crippen LogP contribution in [0.15, 0.2) is 30.3 Å². The van der Waals surface area contributed by atoms with E-state index in [1.54, 1.807) is 30.3 Å². The molecule has 1 aliphatic rings. The van der Waals surface area contributed by atoms with Gasteiger partial charge in [-0.1, -0.05) is 12.1 Å². The van der Waals surface area contributed by atoms with Gasteiger partial charge in [-0.3, -0.25) is 4.79 Å². The second-order valence-electron chi connectivity index (χ2n) is 4.53. The van der Waals surface area contributed by atoms with Gasteiger partial charge in [-0.25, -0.2) is 4.79 Å². The first-order valence-electron chi connectivity index (χ1n) is 6.19. The molecule has 0 aliphatic carbocycles. The van der Waals surface area contributed by atoms with Crippen molar-refractivity contribution in [3.8, 4) is 0 Å². The van der Waals surface area contributed by atoms with Crippen LogP contribution in [-0.2, 0) is 9.59 Å². The highest BCUT2D eigenvalue weighted by Gasteiger charge is 2.38. The average molecular weight is 292 g/mol. The number of nitrogens with zero attached hydrogens (tertiary/aromatic N) is 1. The van der Waals surface area contributed by atoms with Gasteiger partial charge in [0.15, 0.2) is 0 Å². The Morgan fingerprint density at radius 2 is 2.05 bits per heavy atom. The van der Waals surface area contributed by atoms with Crippen molar-refractivity contribution in [2.45, 2.75) is 18.3 Å². The first-order valence-corrected chi connectivity index (χ1v) is 7.24. The van der Waals surface area contributed by atoms with Crippen LogP contribution in [0.25, 0.3) is 6.08 Å². The van der Waals surface area contributed by atoms with E-state index in [1.165, 1.54) is 22.7 Å². The number of nitrogen functional groups attached to an aromatic ring is 1. The number of benzene rings is 1. The van der Waals surface area contributed by atoms with E-state index >= 15 is 0 Å². The summed E-state index contributed by atoms with van der Waals surface area (Å²) in [7, 11) is 0. The molecule has 106 valence electrons. The van der Waals surface area contributed by atoms with Crippen molar-refractivity contribution in [3.63, 3.8) is 0 Å². The highest BCUT2D eigenvalue weighted by atomic mass is 32.2. The number of rotatable bonds is 3. The zero-order chi connectivity index (χ0) is 14.7. The first-order chi connectivity index (χ1) is 9.49. The van der Waals surface area contributed by atoms with E-state index in [2.05, 4.69) is 0 Å². The summed E-state index contributed by atoms with van der Waals surface area (Å²) in [5, 5.41) is 9.00. The molecule has 2 atom stereocenters. The normalized spacial score (nSPS) is 22.4. The van der Waals surface area contributed by atoms with Gasteiger partial charge in [0, 0.05) is 17.5 Å². The number of carboxylic acids is 1. The Kier molecular flexibility index (Phi) is 4.34. The summed E-state index contributed by atoms with van der Waals surface area (Å²) in [5.74, 6) is -0.819. The maximum atomic E-state index is 12.1. The lowest BCUT2D eigenvalue weighted by Crippen LogP contribution is -2.43. The number of hydrogen-bond donors (Lipinski definition) is 2. The van der Waals surface area contributed by atoms with Gasteiger partial charge in [0.2, 0.25) is 5.91 Å². The van der Waals surface area contributed by atoms with Gasteiger partial charge in [0.05, 0.1) is 5.37 Å². The number of carbonyl (C=O) groups is 2. The molecule has 1 saturated heterocycles. The molecule has 0 saturated carbocycles. The van der Waals surface area contributed by atoms with Crippen LogP contribution in [0.3, 0.4) is 0 Å². The molecule has 0 aromatic heterocycles. The highest BCUT2D eigenvalue weighted by molar-refractivity contribution is 8.00. The second kappa shape index (κ2) is 6.00. The van der Waals surface area contributed by atoms with Gasteiger partial charge in [0.25, 0.3) is 0 Å². The minimum absolute atomic E-state index is 0.125. The molecule has 6 heteroatoms. The van der Waals surface area contributed by atoms with Gasteiger partial charge in [-0.05, 0) is 30.7 Å². The molecule has 1 fully saturated rings. The summed E-state index contributed by atoms with van der Waals surface area (Å²) in [6, 6.07) is 6.35. The molecule has 3 N–H and O–H groups in total. The molecule has 1 heterocycles. The standard InChI is InChI=1S/C14H16N2O3S/c1-9-16(12(8-20-9)14(18)19)13(17)7-4-10-2-5-11(15)6-3-10/h2-7,9,12H,8,15H2,1H3,(H,18,19)/b7-4+. The largest absolute Gasteiger partial charge is 0.480 e. The van der Waals surface area contributed by atoms with E-state index in [-0.39, 0.29) is 11.3 Å². The van der Waals surface area contributed by atoms with Crippen LogP contribution >= 0.6 is 11.8 Å². The van der Waals surface area contributed by atoms with Gasteiger partial charge < -0.3 is 15.7 Å². The van der Waals surface area contributed by atoms with Crippen molar-refractivity contribution < 1.29 is 14.7 Å². The molecule has 0 bridgehead atoms. The molecular formula is C14H16N2O3S. The van der Waals surface area contributed by atoms with E-state index in [1.807, 2.05) is 6.92 Å². The minimum atomic E-state index is -0.962. The molecule has 5 nitrogen and oxygen atoms in total. The van der Waals surface area contributed by atoms with Crippen LogP contribution in [0.2, 0.25) is 0 Å². The number of thioether (sulfide) groups is 1. The Morgan fingerprint density at radius 1 is 1.40 bits per heavy atom. The quantitative estimate of drug-likeness (QED) is 0.654.